The molecule has 2 rings (SSSR count). The number of hydrogen-bond donors (Lipinski definition) is 2. The van der Waals surface area contributed by atoms with Crippen molar-refractivity contribution in [1.82, 2.24) is 15.5 Å². The highest BCUT2D eigenvalue weighted by atomic mass is 79.9. The highest BCUT2D eigenvalue weighted by Gasteiger charge is 2.44. The second-order valence-corrected chi connectivity index (χ2v) is 7.43. The molecule has 0 unspecified atom stereocenters. The summed E-state index contributed by atoms with van der Waals surface area (Å²) in [6, 6.07) is 8.46. The van der Waals surface area contributed by atoms with Crippen molar-refractivity contribution in [3.05, 3.63) is 34.3 Å². The number of benzene rings is 1. The first kappa shape index (κ1) is 19.7. The van der Waals surface area contributed by atoms with Crippen molar-refractivity contribution in [2.24, 2.45) is 4.99 Å². The summed E-state index contributed by atoms with van der Waals surface area (Å²) in [5, 5.41) is 6.60. The minimum atomic E-state index is -0.0269. The Balaban J connectivity index is 1.98. The lowest BCUT2D eigenvalue weighted by atomic mass is 9.96. The molecule has 0 saturated heterocycles. The van der Waals surface area contributed by atoms with Crippen LogP contribution in [0.4, 0.5) is 0 Å². The molecular formula is C18H27BrN4O2. The fraction of sp³-hybridized carbons (Fsp3) is 0.556. The predicted molar refractivity (Wildman–Crippen MR) is 104 cm³/mol. The minimum absolute atomic E-state index is 0.0269. The van der Waals surface area contributed by atoms with Gasteiger partial charge in [0.25, 0.3) is 0 Å². The molecule has 0 aliphatic heterocycles. The van der Waals surface area contributed by atoms with Crippen LogP contribution in [0.15, 0.2) is 33.7 Å². The van der Waals surface area contributed by atoms with E-state index in [0.717, 1.165) is 23.9 Å². The average molecular weight is 411 g/mol. The quantitative estimate of drug-likeness (QED) is 0.389. The molecule has 0 bridgehead atoms. The zero-order valence-corrected chi connectivity index (χ0v) is 16.7. The lowest BCUT2D eigenvalue weighted by Gasteiger charge is -2.20. The Bertz CT molecular complexity index is 615. The molecule has 25 heavy (non-hydrogen) atoms. The van der Waals surface area contributed by atoms with Crippen molar-refractivity contribution < 1.29 is 9.53 Å². The summed E-state index contributed by atoms with van der Waals surface area (Å²) < 4.78 is 6.17. The molecule has 1 aromatic carbocycles. The molecule has 2 N–H and O–H groups in total. The van der Waals surface area contributed by atoms with Gasteiger partial charge in [0.15, 0.2) is 5.96 Å². The molecule has 1 aliphatic carbocycles. The largest absolute Gasteiger partial charge is 0.383 e. The van der Waals surface area contributed by atoms with Crippen molar-refractivity contribution >= 4 is 27.8 Å². The Morgan fingerprint density at radius 2 is 2.12 bits per heavy atom. The zero-order valence-electron chi connectivity index (χ0n) is 15.1. The standard InChI is InChI=1S/C18H27BrN4O2/c1-23(2)16(24)12-21-17(20-9-10-25-3)22-13-18(7-8-18)14-5-4-6-15(19)11-14/h4-6,11H,7-10,12-13H2,1-3H3,(H2,20,21,22). The van der Waals surface area contributed by atoms with Crippen LogP contribution in [0.25, 0.3) is 0 Å². The smallest absolute Gasteiger partial charge is 0.243 e. The van der Waals surface area contributed by atoms with Crippen molar-refractivity contribution in [3.63, 3.8) is 0 Å². The van der Waals surface area contributed by atoms with Gasteiger partial charge in [0.2, 0.25) is 5.91 Å². The Hall–Kier alpha value is -1.60. The van der Waals surface area contributed by atoms with Crippen LogP contribution < -0.4 is 10.6 Å². The average Bonchev–Trinajstić information content (AvgIpc) is 3.37. The van der Waals surface area contributed by atoms with Crippen LogP contribution in [0.1, 0.15) is 18.4 Å². The number of carbonyl (C=O) groups excluding carboxylic acids is 1. The number of likely N-dealkylation sites (N-methyl/N-ethyl adjacent to an activating group) is 1. The van der Waals surface area contributed by atoms with Crippen molar-refractivity contribution in [2.75, 3.05) is 47.4 Å². The maximum absolute atomic E-state index is 11.8. The number of carbonyl (C=O) groups is 1. The Kier molecular flexibility index (Phi) is 7.25. The Morgan fingerprint density at radius 1 is 1.36 bits per heavy atom. The SMILES string of the molecule is COCCNC(=NCC(=O)N(C)C)NCC1(c2cccc(Br)c2)CC1. The van der Waals surface area contributed by atoms with Gasteiger partial charge in [0, 0.05) is 44.2 Å². The number of guanidine groups is 1. The van der Waals surface area contributed by atoms with E-state index in [1.54, 1.807) is 26.1 Å². The van der Waals surface area contributed by atoms with Gasteiger partial charge in [-0.3, -0.25) is 4.79 Å². The summed E-state index contributed by atoms with van der Waals surface area (Å²) >= 11 is 3.55. The number of ether oxygens (including phenoxy) is 1. The maximum atomic E-state index is 11.8. The number of aliphatic imine (C=N–C) groups is 1. The number of methoxy groups -OCH3 is 1. The first-order chi connectivity index (χ1) is 12.0. The van der Waals surface area contributed by atoms with Gasteiger partial charge in [-0.05, 0) is 30.5 Å². The van der Waals surface area contributed by atoms with Crippen LogP contribution in [0.5, 0.6) is 0 Å². The second kappa shape index (κ2) is 9.20. The van der Waals surface area contributed by atoms with Crippen LogP contribution in [-0.2, 0) is 14.9 Å². The number of hydrogen-bond acceptors (Lipinski definition) is 3. The summed E-state index contributed by atoms with van der Waals surface area (Å²) in [5.74, 6) is 0.620. The molecule has 1 aromatic rings. The molecule has 1 amide bonds. The highest BCUT2D eigenvalue weighted by Crippen LogP contribution is 2.48. The normalized spacial score (nSPS) is 15.6. The van der Waals surface area contributed by atoms with E-state index < -0.39 is 0 Å². The molecular weight excluding hydrogens is 384 g/mol. The number of halogens is 1. The Morgan fingerprint density at radius 3 is 2.72 bits per heavy atom. The number of amides is 1. The minimum Gasteiger partial charge on any atom is -0.383 e. The summed E-state index contributed by atoms with van der Waals surface area (Å²) in [5.41, 5.74) is 1.48. The van der Waals surface area contributed by atoms with E-state index in [-0.39, 0.29) is 17.9 Å². The first-order valence-electron chi connectivity index (χ1n) is 8.44. The molecule has 1 saturated carbocycles. The molecule has 7 heteroatoms. The zero-order chi connectivity index (χ0) is 18.3. The Labute approximate surface area is 158 Å². The molecule has 0 aromatic heterocycles. The van der Waals surface area contributed by atoms with Crippen molar-refractivity contribution in [3.8, 4) is 0 Å². The monoisotopic (exact) mass is 410 g/mol. The molecule has 6 nitrogen and oxygen atoms in total. The highest BCUT2D eigenvalue weighted by molar-refractivity contribution is 9.10. The molecule has 0 spiro atoms. The summed E-state index contributed by atoms with van der Waals surface area (Å²) in [6.07, 6.45) is 2.30. The van der Waals surface area contributed by atoms with E-state index in [9.17, 15) is 4.79 Å². The summed E-state index contributed by atoms with van der Waals surface area (Å²) in [7, 11) is 5.12. The fourth-order valence-electron chi connectivity index (χ4n) is 2.52. The number of nitrogens with one attached hydrogen (secondary N) is 2. The molecule has 0 radical (unpaired) electrons. The molecule has 1 aliphatic rings. The van der Waals surface area contributed by atoms with Gasteiger partial charge < -0.3 is 20.3 Å². The van der Waals surface area contributed by atoms with Gasteiger partial charge in [0.1, 0.15) is 6.54 Å². The third kappa shape index (κ3) is 6.01. The summed E-state index contributed by atoms with van der Waals surface area (Å²) in [4.78, 5) is 17.7. The lowest BCUT2D eigenvalue weighted by Crippen LogP contribution is -2.43. The lowest BCUT2D eigenvalue weighted by molar-refractivity contribution is -0.127. The van der Waals surface area contributed by atoms with E-state index in [2.05, 4.69) is 49.8 Å². The van der Waals surface area contributed by atoms with Crippen LogP contribution >= 0.6 is 15.9 Å². The van der Waals surface area contributed by atoms with Gasteiger partial charge in [-0.15, -0.1) is 0 Å². The van der Waals surface area contributed by atoms with Crippen LogP contribution in [0.3, 0.4) is 0 Å². The topological polar surface area (TPSA) is 66.0 Å². The third-order valence-electron chi connectivity index (χ3n) is 4.35. The van der Waals surface area contributed by atoms with E-state index >= 15 is 0 Å². The van der Waals surface area contributed by atoms with E-state index in [0.29, 0.717) is 19.1 Å². The van der Waals surface area contributed by atoms with Crippen LogP contribution in [0.2, 0.25) is 0 Å². The van der Waals surface area contributed by atoms with Gasteiger partial charge in [-0.2, -0.15) is 0 Å². The van der Waals surface area contributed by atoms with E-state index in [4.69, 9.17) is 4.74 Å². The van der Waals surface area contributed by atoms with Crippen molar-refractivity contribution in [2.45, 2.75) is 18.3 Å². The second-order valence-electron chi connectivity index (χ2n) is 6.52. The van der Waals surface area contributed by atoms with Gasteiger partial charge in [-0.25, -0.2) is 4.99 Å². The van der Waals surface area contributed by atoms with Gasteiger partial charge in [-0.1, -0.05) is 28.1 Å². The molecule has 138 valence electrons. The fourth-order valence-corrected chi connectivity index (χ4v) is 2.92. The predicted octanol–water partition coefficient (Wildman–Crippen LogP) is 1.75. The summed E-state index contributed by atoms with van der Waals surface area (Å²) in [6.45, 7) is 2.14. The van der Waals surface area contributed by atoms with Crippen LogP contribution in [-0.4, -0.2) is 64.2 Å². The van der Waals surface area contributed by atoms with Gasteiger partial charge >= 0.3 is 0 Å². The third-order valence-corrected chi connectivity index (χ3v) is 4.85. The molecule has 0 heterocycles. The molecule has 0 atom stereocenters. The number of nitrogens with zero attached hydrogens (tertiary/aromatic N) is 2. The van der Waals surface area contributed by atoms with Gasteiger partial charge in [0.05, 0.1) is 6.61 Å². The number of rotatable bonds is 8. The van der Waals surface area contributed by atoms with E-state index in [1.165, 1.54) is 5.56 Å². The van der Waals surface area contributed by atoms with Crippen molar-refractivity contribution in [1.29, 1.82) is 0 Å². The maximum Gasteiger partial charge on any atom is 0.243 e. The first-order valence-corrected chi connectivity index (χ1v) is 9.23. The van der Waals surface area contributed by atoms with Crippen LogP contribution in [0, 0.1) is 0 Å². The van der Waals surface area contributed by atoms with E-state index in [1.807, 2.05) is 6.07 Å². The molecule has 1 fully saturated rings.